The van der Waals surface area contributed by atoms with Crippen LogP contribution in [0.25, 0.3) is 0 Å². The van der Waals surface area contributed by atoms with Crippen molar-refractivity contribution in [2.45, 2.75) is 64.8 Å². The number of nitrogens with zero attached hydrogens (tertiary/aromatic N) is 5. The number of aromatic nitrogens is 2. The van der Waals surface area contributed by atoms with Crippen LogP contribution in [-0.2, 0) is 14.4 Å². The summed E-state index contributed by atoms with van der Waals surface area (Å²) < 4.78 is 1.34. The van der Waals surface area contributed by atoms with Gasteiger partial charge in [-0.3, -0.25) is 14.4 Å². The van der Waals surface area contributed by atoms with Gasteiger partial charge in [-0.15, -0.1) is 0 Å². The van der Waals surface area contributed by atoms with Crippen molar-refractivity contribution in [3.63, 3.8) is 0 Å². The van der Waals surface area contributed by atoms with Crippen LogP contribution in [0.3, 0.4) is 0 Å². The summed E-state index contributed by atoms with van der Waals surface area (Å²) in [5.41, 5.74) is 1.45. The second-order valence-electron chi connectivity index (χ2n) is 8.03. The Balaban J connectivity index is 1.56. The molecule has 154 valence electrons. The third-order valence-electron chi connectivity index (χ3n) is 5.85. The van der Waals surface area contributed by atoms with E-state index in [9.17, 15) is 14.4 Å². The number of anilines is 1. The Morgan fingerprint density at radius 2 is 1.93 bits per heavy atom. The maximum atomic E-state index is 12.6. The molecular weight excluding hydrogens is 372 g/mol. The number of hydrogen-bond donors (Lipinski definition) is 1. The lowest BCUT2D eigenvalue weighted by molar-refractivity contribution is -0.145. The van der Waals surface area contributed by atoms with Crippen molar-refractivity contribution < 1.29 is 14.4 Å². The second-order valence-corrected chi connectivity index (χ2v) is 8.03. The number of likely N-dealkylation sites (tertiary alicyclic amines) is 1. The zero-order valence-corrected chi connectivity index (χ0v) is 16.8. The van der Waals surface area contributed by atoms with Gasteiger partial charge in [0.1, 0.15) is 5.82 Å². The van der Waals surface area contributed by atoms with Crippen LogP contribution < -0.4 is 5.32 Å². The van der Waals surface area contributed by atoms with E-state index in [4.69, 9.17) is 0 Å². The summed E-state index contributed by atoms with van der Waals surface area (Å²) in [5, 5.41) is 6.98. The van der Waals surface area contributed by atoms with Crippen molar-refractivity contribution in [3.8, 4) is 0 Å². The maximum absolute atomic E-state index is 12.6. The molecule has 1 saturated heterocycles. The van der Waals surface area contributed by atoms with Crippen LogP contribution in [0.5, 0.6) is 0 Å². The van der Waals surface area contributed by atoms with Gasteiger partial charge in [-0.05, 0) is 52.4 Å². The number of aryl methyl sites for hydroxylation is 1. The third-order valence-corrected chi connectivity index (χ3v) is 5.85. The minimum atomic E-state index is -0.717. The van der Waals surface area contributed by atoms with Crippen molar-refractivity contribution in [1.82, 2.24) is 14.7 Å². The van der Waals surface area contributed by atoms with Crippen molar-refractivity contribution in [1.29, 1.82) is 0 Å². The zero-order chi connectivity index (χ0) is 20.5. The molecule has 9 nitrogen and oxygen atoms in total. The molecule has 2 aliphatic heterocycles. The Labute approximate surface area is 169 Å². The first kappa shape index (κ1) is 19.5. The van der Waals surface area contributed by atoms with Gasteiger partial charge in [-0.25, -0.2) is 4.99 Å². The smallest absolute Gasteiger partial charge is 0.315 e. The van der Waals surface area contributed by atoms with Gasteiger partial charge in [-0.2, -0.15) is 14.8 Å². The highest BCUT2D eigenvalue weighted by molar-refractivity contribution is 6.39. The lowest BCUT2D eigenvalue weighted by atomic mass is 9.86. The fourth-order valence-electron chi connectivity index (χ4n) is 4.26. The molecule has 1 N–H and O–H groups in total. The molecule has 2 atom stereocenters. The van der Waals surface area contributed by atoms with Crippen molar-refractivity contribution in [3.05, 3.63) is 11.8 Å². The molecule has 4 rings (SSSR count). The van der Waals surface area contributed by atoms with E-state index in [1.54, 1.807) is 17.9 Å². The highest BCUT2D eigenvalue weighted by Crippen LogP contribution is 2.26. The summed E-state index contributed by atoms with van der Waals surface area (Å²) in [6.07, 6.45) is 6.40. The Morgan fingerprint density at radius 1 is 1.14 bits per heavy atom. The van der Waals surface area contributed by atoms with Gasteiger partial charge >= 0.3 is 11.8 Å². The number of aliphatic imine (C=N–C) groups is 2. The van der Waals surface area contributed by atoms with Gasteiger partial charge in [0, 0.05) is 24.4 Å². The number of nitrogens with one attached hydrogen (secondary N) is 1. The molecule has 0 radical (unpaired) electrons. The number of amides is 3. The number of piperidine rings is 1. The zero-order valence-electron chi connectivity index (χ0n) is 16.8. The Hall–Kier alpha value is -2.84. The molecule has 2 unspecified atom stereocenters. The van der Waals surface area contributed by atoms with Crippen molar-refractivity contribution in [2.75, 3.05) is 11.9 Å². The molecular formula is C20H26N6O3. The molecule has 3 amide bonds. The summed E-state index contributed by atoms with van der Waals surface area (Å²) >= 11 is 0. The molecule has 1 aliphatic carbocycles. The number of fused-ring (bicyclic) bond motifs is 1. The molecule has 29 heavy (non-hydrogen) atoms. The number of carbonyl (C=O) groups excluding carboxylic acids is 3. The average Bonchev–Trinajstić information content (AvgIpc) is 3.08. The normalized spacial score (nSPS) is 24.5. The van der Waals surface area contributed by atoms with Gasteiger partial charge in [-0.1, -0.05) is 6.42 Å². The molecule has 1 aromatic rings. The SMILES string of the molecule is Cc1cc(NC(=O)C(=O)N2CCCCC2C)n(C2=NC(=O)C3CCCCC3=N2)n1. The fraction of sp³-hybridized carbons (Fsp3) is 0.600. The van der Waals surface area contributed by atoms with E-state index in [-0.39, 0.29) is 29.6 Å². The molecule has 1 saturated carbocycles. The Morgan fingerprint density at radius 3 is 2.72 bits per heavy atom. The van der Waals surface area contributed by atoms with Crippen LogP contribution in [-0.4, -0.2) is 56.7 Å². The van der Waals surface area contributed by atoms with Crippen LogP contribution >= 0.6 is 0 Å². The van der Waals surface area contributed by atoms with Gasteiger partial charge in [0.05, 0.1) is 11.6 Å². The number of hydrogen-bond acceptors (Lipinski definition) is 5. The monoisotopic (exact) mass is 398 g/mol. The molecule has 3 aliphatic rings. The summed E-state index contributed by atoms with van der Waals surface area (Å²) in [7, 11) is 0. The Bertz CT molecular complexity index is 915. The minimum absolute atomic E-state index is 0.0450. The lowest BCUT2D eigenvalue weighted by Crippen LogP contribution is -2.47. The fourth-order valence-corrected chi connectivity index (χ4v) is 4.26. The van der Waals surface area contributed by atoms with E-state index in [1.807, 2.05) is 6.92 Å². The van der Waals surface area contributed by atoms with Gasteiger partial charge < -0.3 is 10.2 Å². The van der Waals surface area contributed by atoms with E-state index in [0.717, 1.165) is 50.7 Å². The summed E-state index contributed by atoms with van der Waals surface area (Å²) in [6.45, 7) is 4.31. The second kappa shape index (κ2) is 7.88. The Kier molecular flexibility index (Phi) is 5.29. The van der Waals surface area contributed by atoms with E-state index in [0.29, 0.717) is 12.2 Å². The van der Waals surface area contributed by atoms with Crippen molar-refractivity contribution >= 4 is 35.2 Å². The predicted molar refractivity (Wildman–Crippen MR) is 108 cm³/mol. The topological polar surface area (TPSA) is 109 Å². The van der Waals surface area contributed by atoms with E-state index in [1.165, 1.54) is 4.68 Å². The number of carbonyl (C=O) groups is 3. The average molecular weight is 398 g/mol. The summed E-state index contributed by atoms with van der Waals surface area (Å²) in [6, 6.07) is 1.69. The molecule has 1 aromatic heterocycles. The molecule has 9 heteroatoms. The van der Waals surface area contributed by atoms with Gasteiger partial charge in [0.15, 0.2) is 0 Å². The molecule has 2 fully saturated rings. The quantitative estimate of drug-likeness (QED) is 0.729. The van der Waals surface area contributed by atoms with E-state index >= 15 is 0 Å². The van der Waals surface area contributed by atoms with E-state index < -0.39 is 11.8 Å². The standard InChI is InChI=1S/C20H26N6O3/c1-12-11-16(22-18(28)19(29)25-10-6-5-7-13(25)2)26(24-12)20-21-15-9-4-3-8-14(15)17(27)23-20/h11,13-14H,3-10H2,1-2H3,(H,22,28). The third kappa shape index (κ3) is 3.86. The first-order chi connectivity index (χ1) is 13.9. The molecule has 0 bridgehead atoms. The predicted octanol–water partition coefficient (Wildman–Crippen LogP) is 1.91. The van der Waals surface area contributed by atoms with Crippen LogP contribution in [0.4, 0.5) is 5.82 Å². The summed E-state index contributed by atoms with van der Waals surface area (Å²) in [4.78, 5) is 47.9. The minimum Gasteiger partial charge on any atom is -0.332 e. The number of rotatable bonds is 1. The lowest BCUT2D eigenvalue weighted by Gasteiger charge is -2.32. The van der Waals surface area contributed by atoms with Gasteiger partial charge in [0.2, 0.25) is 0 Å². The van der Waals surface area contributed by atoms with Crippen LogP contribution in [0.15, 0.2) is 16.1 Å². The van der Waals surface area contributed by atoms with E-state index in [2.05, 4.69) is 20.4 Å². The molecule has 0 aromatic carbocycles. The summed E-state index contributed by atoms with van der Waals surface area (Å²) in [5.74, 6) is -1.28. The van der Waals surface area contributed by atoms with Crippen molar-refractivity contribution in [2.24, 2.45) is 15.9 Å². The van der Waals surface area contributed by atoms with Crippen LogP contribution in [0.1, 0.15) is 57.6 Å². The first-order valence-corrected chi connectivity index (χ1v) is 10.3. The largest absolute Gasteiger partial charge is 0.332 e. The molecule has 0 spiro atoms. The molecule has 3 heterocycles. The highest BCUT2D eigenvalue weighted by atomic mass is 16.2. The first-order valence-electron chi connectivity index (χ1n) is 10.3. The van der Waals surface area contributed by atoms with Gasteiger partial charge in [0.25, 0.3) is 11.9 Å². The highest BCUT2D eigenvalue weighted by Gasteiger charge is 2.33. The maximum Gasteiger partial charge on any atom is 0.315 e. The van der Waals surface area contributed by atoms with Crippen LogP contribution in [0.2, 0.25) is 0 Å². The van der Waals surface area contributed by atoms with Crippen LogP contribution in [0, 0.1) is 12.8 Å².